The zero-order valence-electron chi connectivity index (χ0n) is 11.0. The monoisotopic (exact) mass is 238 g/mol. The fraction of sp³-hybridized carbons (Fsp3) is 0.571. The second-order valence-electron chi connectivity index (χ2n) is 4.85. The van der Waals surface area contributed by atoms with Crippen molar-refractivity contribution in [3.63, 3.8) is 0 Å². The van der Waals surface area contributed by atoms with E-state index in [2.05, 4.69) is 25.7 Å². The molecule has 0 heterocycles. The van der Waals surface area contributed by atoms with Gasteiger partial charge in [-0.25, -0.2) is 4.39 Å². The molecule has 0 aliphatic heterocycles. The zero-order valence-corrected chi connectivity index (χ0v) is 11.0. The molecule has 0 amide bonds. The van der Waals surface area contributed by atoms with Gasteiger partial charge < -0.3 is 5.73 Å². The topological polar surface area (TPSA) is 29.3 Å². The molecule has 2 N–H and O–H groups in total. The molecule has 0 spiro atoms. The van der Waals surface area contributed by atoms with Crippen molar-refractivity contribution in [1.82, 2.24) is 4.90 Å². The minimum Gasteiger partial charge on any atom is -0.326 e. The van der Waals surface area contributed by atoms with Crippen molar-refractivity contribution in [3.8, 4) is 0 Å². The number of hydrogen-bond donors (Lipinski definition) is 1. The highest BCUT2D eigenvalue weighted by molar-refractivity contribution is 5.25. The van der Waals surface area contributed by atoms with Crippen LogP contribution in [0.25, 0.3) is 0 Å². The second-order valence-corrected chi connectivity index (χ2v) is 4.85. The summed E-state index contributed by atoms with van der Waals surface area (Å²) in [5.41, 5.74) is 7.31. The van der Waals surface area contributed by atoms with Crippen LogP contribution in [0.15, 0.2) is 18.2 Å². The number of halogens is 1. The van der Waals surface area contributed by atoms with Gasteiger partial charge in [0.1, 0.15) is 5.82 Å². The van der Waals surface area contributed by atoms with E-state index in [4.69, 9.17) is 5.73 Å². The molecule has 0 aliphatic rings. The summed E-state index contributed by atoms with van der Waals surface area (Å²) >= 11 is 0. The Labute approximate surface area is 104 Å². The quantitative estimate of drug-likeness (QED) is 0.825. The molecule has 1 aromatic carbocycles. The molecule has 96 valence electrons. The molecule has 17 heavy (non-hydrogen) atoms. The third-order valence-electron chi connectivity index (χ3n) is 2.81. The van der Waals surface area contributed by atoms with Crippen LogP contribution in [0.3, 0.4) is 0 Å². The first-order valence-electron chi connectivity index (χ1n) is 6.26. The van der Waals surface area contributed by atoms with Gasteiger partial charge in [0.2, 0.25) is 0 Å². The molecule has 0 radical (unpaired) electrons. The van der Waals surface area contributed by atoms with Crippen molar-refractivity contribution in [2.45, 2.75) is 33.9 Å². The van der Waals surface area contributed by atoms with Crippen LogP contribution in [0.4, 0.5) is 4.39 Å². The van der Waals surface area contributed by atoms with E-state index in [0.717, 1.165) is 24.2 Å². The first-order valence-corrected chi connectivity index (χ1v) is 6.26. The summed E-state index contributed by atoms with van der Waals surface area (Å²) in [6.45, 7) is 9.50. The summed E-state index contributed by atoms with van der Waals surface area (Å²) in [6, 6.07) is 5.14. The van der Waals surface area contributed by atoms with Crippen molar-refractivity contribution >= 4 is 0 Å². The highest BCUT2D eigenvalue weighted by Crippen LogP contribution is 2.14. The summed E-state index contributed by atoms with van der Waals surface area (Å²) < 4.78 is 13.7. The van der Waals surface area contributed by atoms with E-state index in [1.807, 2.05) is 6.07 Å². The lowest BCUT2D eigenvalue weighted by atomic mass is 10.1. The van der Waals surface area contributed by atoms with Gasteiger partial charge in [-0.2, -0.15) is 0 Å². The lowest BCUT2D eigenvalue weighted by molar-refractivity contribution is 0.245. The minimum atomic E-state index is -0.135. The Morgan fingerprint density at radius 1 is 1.35 bits per heavy atom. The molecule has 1 aromatic rings. The first kappa shape index (κ1) is 14.1. The lowest BCUT2D eigenvalue weighted by Crippen LogP contribution is -2.27. The third-order valence-corrected chi connectivity index (χ3v) is 2.81. The van der Waals surface area contributed by atoms with Crippen LogP contribution in [0.5, 0.6) is 0 Å². The van der Waals surface area contributed by atoms with Gasteiger partial charge in [-0.1, -0.05) is 32.9 Å². The average Bonchev–Trinajstić information content (AvgIpc) is 2.30. The largest absolute Gasteiger partial charge is 0.326 e. The van der Waals surface area contributed by atoms with E-state index in [1.54, 1.807) is 6.07 Å². The molecule has 0 saturated carbocycles. The standard InChI is InChI=1S/C14H23FN2/c1-4-17(9-11(2)3)10-13-7-12(8-16)5-6-14(13)15/h5-7,11H,4,8-10,16H2,1-3H3. The fourth-order valence-corrected chi connectivity index (χ4v) is 1.94. The smallest absolute Gasteiger partial charge is 0.127 e. The Kier molecular flexibility index (Phi) is 5.59. The summed E-state index contributed by atoms with van der Waals surface area (Å²) in [4.78, 5) is 2.25. The maximum absolute atomic E-state index is 13.7. The van der Waals surface area contributed by atoms with Crippen LogP contribution < -0.4 is 5.73 Å². The molecule has 0 unspecified atom stereocenters. The highest BCUT2D eigenvalue weighted by atomic mass is 19.1. The van der Waals surface area contributed by atoms with Crippen LogP contribution in [-0.4, -0.2) is 18.0 Å². The normalized spacial score (nSPS) is 11.5. The van der Waals surface area contributed by atoms with Crippen molar-refractivity contribution < 1.29 is 4.39 Å². The Hall–Kier alpha value is -0.930. The summed E-state index contributed by atoms with van der Waals surface area (Å²) in [6.07, 6.45) is 0. The average molecular weight is 238 g/mol. The lowest BCUT2D eigenvalue weighted by Gasteiger charge is -2.23. The molecule has 1 rings (SSSR count). The van der Waals surface area contributed by atoms with Crippen LogP contribution >= 0.6 is 0 Å². The predicted molar refractivity (Wildman–Crippen MR) is 70.1 cm³/mol. The van der Waals surface area contributed by atoms with E-state index >= 15 is 0 Å². The molecule has 0 aromatic heterocycles. The van der Waals surface area contributed by atoms with Gasteiger partial charge in [0.15, 0.2) is 0 Å². The van der Waals surface area contributed by atoms with E-state index in [9.17, 15) is 4.39 Å². The molecular formula is C14H23FN2. The van der Waals surface area contributed by atoms with Crippen molar-refractivity contribution in [1.29, 1.82) is 0 Å². The van der Waals surface area contributed by atoms with Gasteiger partial charge in [0, 0.05) is 25.2 Å². The Bertz CT molecular complexity index is 350. The van der Waals surface area contributed by atoms with E-state index < -0.39 is 0 Å². The first-order chi connectivity index (χ1) is 8.06. The zero-order chi connectivity index (χ0) is 12.8. The van der Waals surface area contributed by atoms with Gasteiger partial charge >= 0.3 is 0 Å². The van der Waals surface area contributed by atoms with Gasteiger partial charge in [0.05, 0.1) is 0 Å². The van der Waals surface area contributed by atoms with Crippen molar-refractivity contribution in [2.24, 2.45) is 11.7 Å². The maximum atomic E-state index is 13.7. The SMILES string of the molecule is CCN(Cc1cc(CN)ccc1F)CC(C)C. The molecule has 3 heteroatoms. The summed E-state index contributed by atoms with van der Waals surface area (Å²) in [7, 11) is 0. The van der Waals surface area contributed by atoms with Gasteiger partial charge in [-0.3, -0.25) is 4.90 Å². The van der Waals surface area contributed by atoms with Gasteiger partial charge in [-0.05, 0) is 24.1 Å². The maximum Gasteiger partial charge on any atom is 0.127 e. The van der Waals surface area contributed by atoms with Gasteiger partial charge in [0.25, 0.3) is 0 Å². The van der Waals surface area contributed by atoms with Crippen molar-refractivity contribution in [3.05, 3.63) is 35.1 Å². The minimum absolute atomic E-state index is 0.135. The highest BCUT2D eigenvalue weighted by Gasteiger charge is 2.10. The van der Waals surface area contributed by atoms with E-state index in [0.29, 0.717) is 19.0 Å². The Balaban J connectivity index is 2.77. The third kappa shape index (κ3) is 4.44. The van der Waals surface area contributed by atoms with Crippen LogP contribution in [0, 0.1) is 11.7 Å². The second kappa shape index (κ2) is 6.72. The predicted octanol–water partition coefficient (Wildman–Crippen LogP) is 2.76. The number of nitrogens with two attached hydrogens (primary N) is 1. The Morgan fingerprint density at radius 3 is 2.59 bits per heavy atom. The number of benzene rings is 1. The number of rotatable bonds is 6. The summed E-state index contributed by atoms with van der Waals surface area (Å²) in [5.74, 6) is 0.458. The Morgan fingerprint density at radius 2 is 2.06 bits per heavy atom. The van der Waals surface area contributed by atoms with Crippen LogP contribution in [0.2, 0.25) is 0 Å². The molecule has 0 saturated heterocycles. The summed E-state index contributed by atoms with van der Waals surface area (Å²) in [5, 5.41) is 0. The molecule has 0 fully saturated rings. The molecule has 0 bridgehead atoms. The van der Waals surface area contributed by atoms with Crippen molar-refractivity contribution in [2.75, 3.05) is 13.1 Å². The van der Waals surface area contributed by atoms with E-state index in [1.165, 1.54) is 6.07 Å². The molecule has 0 aliphatic carbocycles. The molecule has 2 nitrogen and oxygen atoms in total. The van der Waals surface area contributed by atoms with Gasteiger partial charge in [-0.15, -0.1) is 0 Å². The number of hydrogen-bond acceptors (Lipinski definition) is 2. The van der Waals surface area contributed by atoms with Crippen LogP contribution in [0.1, 0.15) is 31.9 Å². The fourth-order valence-electron chi connectivity index (χ4n) is 1.94. The molecular weight excluding hydrogens is 215 g/mol. The number of nitrogens with zero attached hydrogens (tertiary/aromatic N) is 1. The van der Waals surface area contributed by atoms with Crippen LogP contribution in [-0.2, 0) is 13.1 Å². The molecule has 0 atom stereocenters. The van der Waals surface area contributed by atoms with E-state index in [-0.39, 0.29) is 5.82 Å².